The number of carbonyl (C=O) groups is 1. The summed E-state index contributed by atoms with van der Waals surface area (Å²) in [6.07, 6.45) is -1.02. The topological polar surface area (TPSA) is 55.8 Å². The van der Waals surface area contributed by atoms with Crippen LogP contribution in [0.15, 0.2) is 78.9 Å². The number of para-hydroxylation sites is 1. The molecule has 3 rings (SSSR count). The minimum absolute atomic E-state index is 0.0447. The van der Waals surface area contributed by atoms with Crippen LogP contribution in [-0.2, 0) is 6.18 Å². The molecule has 0 bridgehead atoms. The average Bonchev–Trinajstić information content (AvgIpc) is 2.71. The van der Waals surface area contributed by atoms with E-state index in [1.165, 1.54) is 18.2 Å². The molecule has 7 heteroatoms. The Morgan fingerprint density at radius 3 is 2.33 bits per heavy atom. The van der Waals surface area contributed by atoms with Crippen molar-refractivity contribution < 1.29 is 32.5 Å². The Hall–Kier alpha value is -3.74. The van der Waals surface area contributed by atoms with E-state index in [1.807, 2.05) is 0 Å². The molecule has 0 saturated heterocycles. The fraction of sp³-hybridized carbons (Fsp3) is 0.0870. The molecule has 0 amide bonds. The Morgan fingerprint density at radius 1 is 0.933 bits per heavy atom. The third-order valence-electron chi connectivity index (χ3n) is 4.05. The Kier molecular flexibility index (Phi) is 6.41. The number of hydrogen-bond acceptors (Lipinski definition) is 3. The van der Waals surface area contributed by atoms with Gasteiger partial charge in [0.25, 0.3) is 0 Å². The molecule has 0 heterocycles. The lowest BCUT2D eigenvalue weighted by atomic mass is 10.1. The molecule has 0 spiro atoms. The summed E-state index contributed by atoms with van der Waals surface area (Å²) < 4.78 is 49.0. The third kappa shape index (κ3) is 5.64. The molecule has 0 saturated carbocycles. The second-order valence-corrected chi connectivity index (χ2v) is 6.21. The van der Waals surface area contributed by atoms with Crippen LogP contribution in [0.4, 0.5) is 13.2 Å². The van der Waals surface area contributed by atoms with Crippen LogP contribution in [0.2, 0.25) is 0 Å². The summed E-state index contributed by atoms with van der Waals surface area (Å²) in [7, 11) is 0. The van der Waals surface area contributed by atoms with Crippen molar-refractivity contribution in [3.8, 4) is 17.2 Å². The first-order valence-electron chi connectivity index (χ1n) is 8.90. The van der Waals surface area contributed by atoms with Crippen molar-refractivity contribution in [2.24, 2.45) is 0 Å². The van der Waals surface area contributed by atoms with Gasteiger partial charge in [0, 0.05) is 6.07 Å². The van der Waals surface area contributed by atoms with Gasteiger partial charge in [0.05, 0.1) is 5.56 Å². The number of alkyl halides is 3. The lowest BCUT2D eigenvalue weighted by Gasteiger charge is -2.10. The van der Waals surface area contributed by atoms with Crippen molar-refractivity contribution in [3.63, 3.8) is 0 Å². The summed E-state index contributed by atoms with van der Waals surface area (Å²) >= 11 is 0. The van der Waals surface area contributed by atoms with Crippen LogP contribution < -0.4 is 9.47 Å². The van der Waals surface area contributed by atoms with Crippen molar-refractivity contribution in [2.75, 3.05) is 6.61 Å². The highest BCUT2D eigenvalue weighted by Crippen LogP contribution is 2.29. The van der Waals surface area contributed by atoms with E-state index < -0.39 is 17.7 Å². The number of ether oxygens (including phenoxy) is 2. The van der Waals surface area contributed by atoms with Crippen LogP contribution in [0.3, 0.4) is 0 Å². The zero-order valence-electron chi connectivity index (χ0n) is 15.6. The molecule has 154 valence electrons. The van der Waals surface area contributed by atoms with E-state index in [9.17, 15) is 23.1 Å². The van der Waals surface area contributed by atoms with Gasteiger partial charge in [-0.1, -0.05) is 36.4 Å². The van der Waals surface area contributed by atoms with Crippen LogP contribution in [0, 0.1) is 0 Å². The molecule has 3 aromatic rings. The van der Waals surface area contributed by atoms with Crippen LogP contribution in [0.25, 0.3) is 6.08 Å². The van der Waals surface area contributed by atoms with Crippen molar-refractivity contribution in [2.45, 2.75) is 6.18 Å². The second kappa shape index (κ2) is 9.17. The normalized spacial score (nSPS) is 11.4. The highest BCUT2D eigenvalue weighted by Gasteiger charge is 2.29. The summed E-state index contributed by atoms with van der Waals surface area (Å²) in [6, 6.07) is 17.8. The fourth-order valence-corrected chi connectivity index (χ4v) is 2.60. The van der Waals surface area contributed by atoms with E-state index >= 15 is 0 Å². The molecule has 0 radical (unpaired) electrons. The van der Waals surface area contributed by atoms with Gasteiger partial charge in [-0.2, -0.15) is 13.2 Å². The Labute approximate surface area is 170 Å². The van der Waals surface area contributed by atoms with Gasteiger partial charge in [-0.3, -0.25) is 0 Å². The smallest absolute Gasteiger partial charge is 0.416 e. The molecule has 0 unspecified atom stereocenters. The van der Waals surface area contributed by atoms with Gasteiger partial charge in [0.2, 0.25) is 0 Å². The first-order valence-corrected chi connectivity index (χ1v) is 8.90. The molecule has 30 heavy (non-hydrogen) atoms. The maximum atomic E-state index is 12.6. The van der Waals surface area contributed by atoms with Gasteiger partial charge in [-0.15, -0.1) is 0 Å². The molecule has 0 aromatic heterocycles. The lowest BCUT2D eigenvalue weighted by Crippen LogP contribution is -2.03. The molecule has 1 N–H and O–H groups in total. The fourth-order valence-electron chi connectivity index (χ4n) is 2.60. The molecule has 0 fully saturated rings. The monoisotopic (exact) mass is 414 g/mol. The molecule has 0 aliphatic carbocycles. The Bertz CT molecular complexity index is 1040. The van der Waals surface area contributed by atoms with E-state index in [0.717, 1.165) is 12.1 Å². The van der Waals surface area contributed by atoms with E-state index in [0.29, 0.717) is 17.1 Å². The minimum Gasteiger partial charge on any atom is -0.489 e. The van der Waals surface area contributed by atoms with E-state index in [2.05, 4.69) is 0 Å². The van der Waals surface area contributed by atoms with E-state index in [1.54, 1.807) is 54.6 Å². The summed E-state index contributed by atoms with van der Waals surface area (Å²) in [4.78, 5) is 11.3. The van der Waals surface area contributed by atoms with Crippen molar-refractivity contribution in [1.29, 1.82) is 0 Å². The molecule has 0 aliphatic heterocycles. The van der Waals surface area contributed by atoms with E-state index in [-0.39, 0.29) is 17.9 Å². The van der Waals surface area contributed by atoms with Crippen LogP contribution in [0.5, 0.6) is 17.2 Å². The molecule has 3 aromatic carbocycles. The van der Waals surface area contributed by atoms with Gasteiger partial charge in [-0.25, -0.2) is 4.79 Å². The van der Waals surface area contributed by atoms with Gasteiger partial charge >= 0.3 is 12.1 Å². The molecule has 0 atom stereocenters. The number of halogens is 3. The number of aromatic carboxylic acids is 1. The SMILES string of the molecule is O=C(O)c1ccccc1Oc1cccc(OC/C=C/c2ccc(C(F)(F)F)cc2)c1. The second-order valence-electron chi connectivity index (χ2n) is 6.21. The summed E-state index contributed by atoms with van der Waals surface area (Å²) in [6.45, 7) is 0.191. The highest BCUT2D eigenvalue weighted by atomic mass is 19.4. The molecular weight excluding hydrogens is 397 g/mol. The van der Waals surface area contributed by atoms with Crippen LogP contribution in [0.1, 0.15) is 21.5 Å². The van der Waals surface area contributed by atoms with Gasteiger partial charge in [0.15, 0.2) is 0 Å². The Morgan fingerprint density at radius 2 is 1.63 bits per heavy atom. The zero-order valence-corrected chi connectivity index (χ0v) is 15.6. The quantitative estimate of drug-likeness (QED) is 0.494. The minimum atomic E-state index is -4.36. The predicted octanol–water partition coefficient (Wildman–Crippen LogP) is 6.29. The molecule has 0 aliphatic rings. The van der Waals surface area contributed by atoms with Crippen molar-refractivity contribution >= 4 is 12.0 Å². The first-order chi connectivity index (χ1) is 14.3. The van der Waals surface area contributed by atoms with Gasteiger partial charge in [-0.05, 0) is 48.0 Å². The summed E-state index contributed by atoms with van der Waals surface area (Å²) in [5.41, 5.74) is -0.0329. The lowest BCUT2D eigenvalue weighted by molar-refractivity contribution is -0.137. The predicted molar refractivity (Wildman–Crippen MR) is 106 cm³/mol. The van der Waals surface area contributed by atoms with Crippen LogP contribution >= 0.6 is 0 Å². The van der Waals surface area contributed by atoms with Crippen LogP contribution in [-0.4, -0.2) is 17.7 Å². The standard InChI is InChI=1S/C23H17F3O4/c24-23(25,26)17-12-10-16(11-13-17)5-4-14-29-18-6-3-7-19(15-18)30-21-9-2-1-8-20(21)22(27)28/h1-13,15H,14H2,(H,27,28)/b5-4+. The third-order valence-corrected chi connectivity index (χ3v) is 4.05. The average molecular weight is 414 g/mol. The maximum absolute atomic E-state index is 12.6. The van der Waals surface area contributed by atoms with Gasteiger partial charge in [0.1, 0.15) is 29.4 Å². The number of carboxylic acids is 1. The number of rotatable bonds is 7. The zero-order chi connectivity index (χ0) is 21.6. The number of hydrogen-bond donors (Lipinski definition) is 1. The van der Waals surface area contributed by atoms with Gasteiger partial charge < -0.3 is 14.6 Å². The molecular formula is C23H17F3O4. The number of benzene rings is 3. The summed E-state index contributed by atoms with van der Waals surface area (Å²) in [5, 5.41) is 9.22. The van der Waals surface area contributed by atoms with Crippen molar-refractivity contribution in [1.82, 2.24) is 0 Å². The molecule has 4 nitrogen and oxygen atoms in total. The largest absolute Gasteiger partial charge is 0.489 e. The Balaban J connectivity index is 1.60. The maximum Gasteiger partial charge on any atom is 0.416 e. The first kappa shape index (κ1) is 21.0. The highest BCUT2D eigenvalue weighted by molar-refractivity contribution is 5.90. The summed E-state index contributed by atoms with van der Waals surface area (Å²) in [5.74, 6) is 0.0288. The van der Waals surface area contributed by atoms with Crippen molar-refractivity contribution in [3.05, 3.63) is 95.6 Å². The van der Waals surface area contributed by atoms with E-state index in [4.69, 9.17) is 9.47 Å². The number of carboxylic acid groups (broad SMARTS) is 1.